The van der Waals surface area contributed by atoms with Gasteiger partial charge in [0.25, 0.3) is 5.91 Å². The molecule has 104 valence electrons. The van der Waals surface area contributed by atoms with Crippen LogP contribution in [0.4, 0.5) is 0 Å². The fraction of sp³-hybridized carbons (Fsp3) is 0.600. The highest BCUT2D eigenvalue weighted by molar-refractivity contribution is 5.94. The number of hydrogen-bond donors (Lipinski definition) is 0. The summed E-state index contributed by atoms with van der Waals surface area (Å²) in [7, 11) is 4.13. The summed E-state index contributed by atoms with van der Waals surface area (Å²) in [6.45, 7) is 5.86. The van der Waals surface area contributed by atoms with E-state index in [4.69, 9.17) is 0 Å². The molecule has 0 aliphatic carbocycles. The van der Waals surface area contributed by atoms with E-state index < -0.39 is 0 Å². The molecule has 0 saturated carbocycles. The quantitative estimate of drug-likeness (QED) is 0.835. The molecule has 2 rings (SSSR count). The normalized spacial score (nSPS) is 19.5. The molecular formula is C15H23N3O. The van der Waals surface area contributed by atoms with E-state index >= 15 is 0 Å². The number of likely N-dealkylation sites (tertiary alicyclic amines) is 1. The molecule has 1 aromatic heterocycles. The zero-order valence-corrected chi connectivity index (χ0v) is 12.3. The smallest absolute Gasteiger partial charge is 0.255 e. The average Bonchev–Trinajstić information content (AvgIpc) is 2.87. The van der Waals surface area contributed by atoms with Crippen LogP contribution in [0.1, 0.15) is 42.2 Å². The maximum atomic E-state index is 12.4. The highest BCUT2D eigenvalue weighted by atomic mass is 16.2. The molecule has 0 spiro atoms. The summed E-state index contributed by atoms with van der Waals surface area (Å²) < 4.78 is 0. The van der Waals surface area contributed by atoms with Gasteiger partial charge in [-0.15, -0.1) is 0 Å². The number of amides is 1. The van der Waals surface area contributed by atoms with Crippen molar-refractivity contribution < 1.29 is 4.79 Å². The molecule has 1 aromatic rings. The van der Waals surface area contributed by atoms with Gasteiger partial charge >= 0.3 is 0 Å². The van der Waals surface area contributed by atoms with E-state index in [1.54, 1.807) is 6.20 Å². The van der Waals surface area contributed by atoms with Gasteiger partial charge in [0.05, 0.1) is 5.56 Å². The van der Waals surface area contributed by atoms with Crippen molar-refractivity contribution in [3.63, 3.8) is 0 Å². The Kier molecular flexibility index (Phi) is 4.20. The lowest BCUT2D eigenvalue weighted by Gasteiger charge is -2.20. The molecule has 2 heterocycles. The van der Waals surface area contributed by atoms with Crippen LogP contribution in [0.25, 0.3) is 0 Å². The highest BCUT2D eigenvalue weighted by Crippen LogP contribution is 2.17. The molecule has 0 radical (unpaired) electrons. The van der Waals surface area contributed by atoms with E-state index in [0.29, 0.717) is 17.5 Å². The van der Waals surface area contributed by atoms with Crippen molar-refractivity contribution in [3.05, 3.63) is 29.6 Å². The van der Waals surface area contributed by atoms with Crippen molar-refractivity contribution in [2.45, 2.75) is 32.2 Å². The zero-order chi connectivity index (χ0) is 14.0. The summed E-state index contributed by atoms with van der Waals surface area (Å²) in [5.41, 5.74) is 1.73. The summed E-state index contributed by atoms with van der Waals surface area (Å²) in [5, 5.41) is 0. The van der Waals surface area contributed by atoms with Gasteiger partial charge in [0.15, 0.2) is 0 Å². The van der Waals surface area contributed by atoms with E-state index in [2.05, 4.69) is 37.8 Å². The van der Waals surface area contributed by atoms with Crippen molar-refractivity contribution in [3.8, 4) is 0 Å². The molecular weight excluding hydrogens is 238 g/mol. The van der Waals surface area contributed by atoms with Crippen LogP contribution in [0.5, 0.6) is 0 Å². The van der Waals surface area contributed by atoms with Crippen molar-refractivity contribution in [2.75, 3.05) is 27.2 Å². The van der Waals surface area contributed by atoms with Gasteiger partial charge in [0.2, 0.25) is 0 Å². The van der Waals surface area contributed by atoms with E-state index in [1.807, 2.05) is 17.0 Å². The van der Waals surface area contributed by atoms with Gasteiger partial charge in [0.1, 0.15) is 0 Å². The third-order valence-corrected chi connectivity index (χ3v) is 3.81. The zero-order valence-electron chi connectivity index (χ0n) is 12.3. The second kappa shape index (κ2) is 5.70. The van der Waals surface area contributed by atoms with E-state index in [-0.39, 0.29) is 5.91 Å². The minimum absolute atomic E-state index is 0.104. The first-order chi connectivity index (χ1) is 8.99. The van der Waals surface area contributed by atoms with E-state index in [9.17, 15) is 4.79 Å². The Balaban J connectivity index is 2.04. The van der Waals surface area contributed by atoms with Crippen LogP contribution in [-0.2, 0) is 0 Å². The Labute approximate surface area is 115 Å². The van der Waals surface area contributed by atoms with Gasteiger partial charge in [-0.25, -0.2) is 0 Å². The molecule has 1 atom stereocenters. The van der Waals surface area contributed by atoms with Crippen molar-refractivity contribution in [1.82, 2.24) is 14.8 Å². The third kappa shape index (κ3) is 3.13. The Bertz CT molecular complexity index is 439. The van der Waals surface area contributed by atoms with Crippen molar-refractivity contribution >= 4 is 5.91 Å². The molecule has 1 aliphatic rings. The van der Waals surface area contributed by atoms with Gasteiger partial charge in [-0.1, -0.05) is 13.8 Å². The summed E-state index contributed by atoms with van der Waals surface area (Å²) in [5.74, 6) is 0.501. The first-order valence-corrected chi connectivity index (χ1v) is 6.90. The lowest BCUT2D eigenvalue weighted by atomic mass is 10.1. The standard InChI is InChI=1S/C15H23N3O/c1-11(2)14-6-5-12(9-16-14)15(19)18-8-7-13(10-18)17(3)4/h5-6,9,11,13H,7-8,10H2,1-4H3/t13-/m1/s1. The summed E-state index contributed by atoms with van der Waals surface area (Å²) in [6, 6.07) is 4.33. The summed E-state index contributed by atoms with van der Waals surface area (Å²) >= 11 is 0. The summed E-state index contributed by atoms with van der Waals surface area (Å²) in [4.78, 5) is 20.8. The van der Waals surface area contributed by atoms with Gasteiger partial charge < -0.3 is 9.80 Å². The largest absolute Gasteiger partial charge is 0.337 e. The van der Waals surface area contributed by atoms with Crippen LogP contribution < -0.4 is 0 Å². The van der Waals surface area contributed by atoms with E-state index in [1.165, 1.54) is 0 Å². The van der Waals surface area contributed by atoms with Crippen LogP contribution in [0.15, 0.2) is 18.3 Å². The number of aromatic nitrogens is 1. The number of rotatable bonds is 3. The minimum atomic E-state index is 0.104. The van der Waals surface area contributed by atoms with Gasteiger partial charge in [-0.05, 0) is 38.6 Å². The number of nitrogens with zero attached hydrogens (tertiary/aromatic N) is 3. The van der Waals surface area contributed by atoms with Crippen LogP contribution in [0, 0.1) is 0 Å². The molecule has 1 fully saturated rings. The van der Waals surface area contributed by atoms with E-state index in [0.717, 1.165) is 25.2 Å². The molecule has 0 N–H and O–H groups in total. The molecule has 0 aromatic carbocycles. The third-order valence-electron chi connectivity index (χ3n) is 3.81. The molecule has 4 nitrogen and oxygen atoms in total. The van der Waals surface area contributed by atoms with Gasteiger partial charge in [-0.2, -0.15) is 0 Å². The predicted octanol–water partition coefficient (Wildman–Crippen LogP) is 1.98. The van der Waals surface area contributed by atoms with Crippen LogP contribution in [0.2, 0.25) is 0 Å². The van der Waals surface area contributed by atoms with Crippen LogP contribution >= 0.6 is 0 Å². The molecule has 0 bridgehead atoms. The number of carbonyl (C=O) groups excluding carboxylic acids is 1. The first-order valence-electron chi connectivity index (χ1n) is 6.90. The number of likely N-dealkylation sites (N-methyl/N-ethyl adjacent to an activating group) is 1. The monoisotopic (exact) mass is 261 g/mol. The Morgan fingerprint density at radius 1 is 1.42 bits per heavy atom. The lowest BCUT2D eigenvalue weighted by Crippen LogP contribution is -2.34. The molecule has 0 unspecified atom stereocenters. The molecule has 1 aliphatic heterocycles. The van der Waals surface area contributed by atoms with Crippen molar-refractivity contribution in [2.24, 2.45) is 0 Å². The van der Waals surface area contributed by atoms with Crippen molar-refractivity contribution in [1.29, 1.82) is 0 Å². The second-order valence-corrected chi connectivity index (χ2v) is 5.78. The van der Waals surface area contributed by atoms with Gasteiger partial charge in [-0.3, -0.25) is 9.78 Å². The number of pyridine rings is 1. The Hall–Kier alpha value is -1.42. The SMILES string of the molecule is CC(C)c1ccc(C(=O)N2CC[C@@H](N(C)C)C2)cn1. The maximum Gasteiger partial charge on any atom is 0.255 e. The minimum Gasteiger partial charge on any atom is -0.337 e. The van der Waals surface area contributed by atoms with Crippen LogP contribution in [0.3, 0.4) is 0 Å². The first kappa shape index (κ1) is 14.0. The highest BCUT2D eigenvalue weighted by Gasteiger charge is 2.28. The Morgan fingerprint density at radius 2 is 2.16 bits per heavy atom. The summed E-state index contributed by atoms with van der Waals surface area (Å²) in [6.07, 6.45) is 2.76. The predicted molar refractivity (Wildman–Crippen MR) is 76.3 cm³/mol. The van der Waals surface area contributed by atoms with Gasteiger partial charge in [0, 0.05) is 31.0 Å². The topological polar surface area (TPSA) is 36.4 Å². The maximum absolute atomic E-state index is 12.4. The lowest BCUT2D eigenvalue weighted by molar-refractivity contribution is 0.0782. The average molecular weight is 261 g/mol. The van der Waals surface area contributed by atoms with Crippen LogP contribution in [-0.4, -0.2) is 53.9 Å². The Morgan fingerprint density at radius 3 is 2.63 bits per heavy atom. The fourth-order valence-corrected chi connectivity index (χ4v) is 2.40. The fourth-order valence-electron chi connectivity index (χ4n) is 2.40. The molecule has 1 amide bonds. The number of hydrogen-bond acceptors (Lipinski definition) is 3. The second-order valence-electron chi connectivity index (χ2n) is 5.78. The molecule has 1 saturated heterocycles. The number of carbonyl (C=O) groups is 1. The molecule has 4 heteroatoms. The molecule has 19 heavy (non-hydrogen) atoms.